The third-order valence-corrected chi connectivity index (χ3v) is 5.97. The smallest absolute Gasteiger partial charge is 0.220 e. The Morgan fingerprint density at radius 3 is 2.67 bits per heavy atom. The molecule has 158 valence electrons. The zero-order valence-corrected chi connectivity index (χ0v) is 17.8. The number of piperidine rings is 1. The molecule has 1 atom stereocenters. The largest absolute Gasteiger partial charge is 0.355 e. The number of anilines is 1. The molecule has 0 unspecified atom stereocenters. The van der Waals surface area contributed by atoms with Crippen LogP contribution in [-0.2, 0) is 11.2 Å². The van der Waals surface area contributed by atoms with Crippen LogP contribution in [0.25, 0.3) is 5.65 Å². The van der Waals surface area contributed by atoms with Gasteiger partial charge in [0.2, 0.25) is 5.91 Å². The SMILES string of the molecule is CC1CCN(c2ccc3nnc(CCC(=O)NC[C@H](C)c4ccccc4)n3n2)CC1. The maximum absolute atomic E-state index is 12.4. The van der Waals surface area contributed by atoms with E-state index >= 15 is 0 Å². The number of benzene rings is 1. The normalized spacial score (nSPS) is 16.0. The molecule has 7 heteroatoms. The minimum Gasteiger partial charge on any atom is -0.355 e. The first-order chi connectivity index (χ1) is 14.6. The highest BCUT2D eigenvalue weighted by Crippen LogP contribution is 2.21. The molecule has 1 aliphatic heterocycles. The second-order valence-corrected chi connectivity index (χ2v) is 8.36. The van der Waals surface area contributed by atoms with Gasteiger partial charge in [0.05, 0.1) is 0 Å². The molecule has 0 saturated carbocycles. The molecule has 1 aliphatic rings. The van der Waals surface area contributed by atoms with Gasteiger partial charge in [-0.25, -0.2) is 0 Å². The molecule has 0 radical (unpaired) electrons. The van der Waals surface area contributed by atoms with Gasteiger partial charge in [-0.2, -0.15) is 4.52 Å². The number of aromatic nitrogens is 4. The minimum absolute atomic E-state index is 0.0238. The minimum atomic E-state index is 0.0238. The summed E-state index contributed by atoms with van der Waals surface area (Å²) in [7, 11) is 0. The lowest BCUT2D eigenvalue weighted by Gasteiger charge is -2.30. The monoisotopic (exact) mass is 406 g/mol. The van der Waals surface area contributed by atoms with Crippen LogP contribution in [0.4, 0.5) is 5.82 Å². The first-order valence-corrected chi connectivity index (χ1v) is 10.9. The predicted octanol–water partition coefficient (Wildman–Crippen LogP) is 3.21. The zero-order chi connectivity index (χ0) is 20.9. The second kappa shape index (κ2) is 9.24. The van der Waals surface area contributed by atoms with E-state index in [1.807, 2.05) is 30.3 Å². The summed E-state index contributed by atoms with van der Waals surface area (Å²) >= 11 is 0. The molecular weight excluding hydrogens is 376 g/mol. The van der Waals surface area contributed by atoms with E-state index in [0.29, 0.717) is 19.4 Å². The molecule has 1 amide bonds. The van der Waals surface area contributed by atoms with Gasteiger partial charge in [-0.1, -0.05) is 44.2 Å². The van der Waals surface area contributed by atoms with Gasteiger partial charge in [0.25, 0.3) is 0 Å². The Morgan fingerprint density at radius 1 is 1.13 bits per heavy atom. The third kappa shape index (κ3) is 4.78. The Hall–Kier alpha value is -2.96. The van der Waals surface area contributed by atoms with Crippen molar-refractivity contribution < 1.29 is 4.79 Å². The number of amides is 1. The van der Waals surface area contributed by atoms with Crippen LogP contribution in [0.3, 0.4) is 0 Å². The van der Waals surface area contributed by atoms with Crippen molar-refractivity contribution in [3.63, 3.8) is 0 Å². The van der Waals surface area contributed by atoms with Gasteiger partial charge < -0.3 is 10.2 Å². The molecule has 7 nitrogen and oxygen atoms in total. The average Bonchev–Trinajstić information content (AvgIpc) is 3.19. The van der Waals surface area contributed by atoms with E-state index in [2.05, 4.69) is 46.4 Å². The van der Waals surface area contributed by atoms with Crippen molar-refractivity contribution in [1.82, 2.24) is 25.1 Å². The maximum Gasteiger partial charge on any atom is 0.220 e. The Bertz CT molecular complexity index is 978. The van der Waals surface area contributed by atoms with Crippen molar-refractivity contribution in [1.29, 1.82) is 0 Å². The fourth-order valence-corrected chi connectivity index (χ4v) is 3.87. The number of hydrogen-bond donors (Lipinski definition) is 1. The fraction of sp³-hybridized carbons (Fsp3) is 0.478. The summed E-state index contributed by atoms with van der Waals surface area (Å²) in [5.41, 5.74) is 1.95. The molecule has 1 aromatic carbocycles. The van der Waals surface area contributed by atoms with Crippen molar-refractivity contribution in [2.45, 2.75) is 45.4 Å². The topological polar surface area (TPSA) is 75.4 Å². The molecule has 3 aromatic rings. The lowest BCUT2D eigenvalue weighted by molar-refractivity contribution is -0.121. The number of nitrogens with one attached hydrogen (secondary N) is 1. The van der Waals surface area contributed by atoms with Gasteiger partial charge in [0.1, 0.15) is 5.82 Å². The van der Waals surface area contributed by atoms with E-state index in [-0.39, 0.29) is 11.8 Å². The molecule has 4 rings (SSSR count). The molecule has 0 aliphatic carbocycles. The maximum atomic E-state index is 12.4. The summed E-state index contributed by atoms with van der Waals surface area (Å²) in [6.07, 6.45) is 3.27. The molecule has 1 fully saturated rings. The first kappa shape index (κ1) is 20.3. The van der Waals surface area contributed by atoms with Crippen LogP contribution in [0.1, 0.15) is 50.4 Å². The van der Waals surface area contributed by atoms with E-state index in [9.17, 15) is 4.79 Å². The standard InChI is InChI=1S/C23H30N6O/c1-17-12-14-28(15-13-17)22-9-8-20-25-26-21(29(20)27-22)10-11-23(30)24-16-18(2)19-6-4-3-5-7-19/h3-9,17-18H,10-16H2,1-2H3,(H,24,30)/t18-/m0/s1. The number of nitrogens with zero attached hydrogens (tertiary/aromatic N) is 5. The van der Waals surface area contributed by atoms with Gasteiger partial charge >= 0.3 is 0 Å². The van der Waals surface area contributed by atoms with E-state index in [4.69, 9.17) is 5.10 Å². The van der Waals surface area contributed by atoms with Gasteiger partial charge in [-0.05, 0) is 42.4 Å². The van der Waals surface area contributed by atoms with E-state index in [1.54, 1.807) is 4.52 Å². The van der Waals surface area contributed by atoms with Crippen LogP contribution < -0.4 is 10.2 Å². The van der Waals surface area contributed by atoms with E-state index in [1.165, 1.54) is 18.4 Å². The summed E-state index contributed by atoms with van der Waals surface area (Å²) in [6.45, 7) is 7.10. The highest BCUT2D eigenvalue weighted by atomic mass is 16.1. The summed E-state index contributed by atoms with van der Waals surface area (Å²) in [6, 6.07) is 14.2. The second-order valence-electron chi connectivity index (χ2n) is 8.36. The van der Waals surface area contributed by atoms with Crippen LogP contribution in [0.5, 0.6) is 0 Å². The molecular formula is C23H30N6O. The summed E-state index contributed by atoms with van der Waals surface area (Å²) in [4.78, 5) is 14.7. The Balaban J connectivity index is 1.34. The number of rotatable bonds is 7. The van der Waals surface area contributed by atoms with Crippen molar-refractivity contribution in [3.8, 4) is 0 Å². The fourth-order valence-electron chi connectivity index (χ4n) is 3.87. The van der Waals surface area contributed by atoms with E-state index in [0.717, 1.165) is 36.3 Å². The van der Waals surface area contributed by atoms with Crippen molar-refractivity contribution >= 4 is 17.4 Å². The molecule has 1 N–H and O–H groups in total. The van der Waals surface area contributed by atoms with Crippen molar-refractivity contribution in [2.24, 2.45) is 5.92 Å². The number of hydrogen-bond acceptors (Lipinski definition) is 5. The van der Waals surface area contributed by atoms with Gasteiger partial charge in [-0.15, -0.1) is 15.3 Å². The zero-order valence-electron chi connectivity index (χ0n) is 17.8. The lowest BCUT2D eigenvalue weighted by atomic mass is 9.99. The van der Waals surface area contributed by atoms with Crippen LogP contribution in [0.2, 0.25) is 0 Å². The quantitative estimate of drug-likeness (QED) is 0.652. The van der Waals surface area contributed by atoms with Gasteiger partial charge in [-0.3, -0.25) is 4.79 Å². The molecule has 3 heterocycles. The number of carbonyl (C=O) groups excluding carboxylic acids is 1. The number of aryl methyl sites for hydroxylation is 1. The highest BCUT2D eigenvalue weighted by molar-refractivity contribution is 5.76. The summed E-state index contributed by atoms with van der Waals surface area (Å²) in [5, 5.41) is 16.3. The lowest BCUT2D eigenvalue weighted by Crippen LogP contribution is -2.33. The molecule has 0 spiro atoms. The molecule has 2 aromatic heterocycles. The average molecular weight is 407 g/mol. The van der Waals surface area contributed by atoms with Crippen LogP contribution in [-0.4, -0.2) is 45.4 Å². The number of fused-ring (bicyclic) bond motifs is 1. The Kier molecular flexibility index (Phi) is 6.26. The van der Waals surface area contributed by atoms with Crippen molar-refractivity contribution in [2.75, 3.05) is 24.5 Å². The summed E-state index contributed by atoms with van der Waals surface area (Å²) in [5.74, 6) is 2.76. The molecule has 30 heavy (non-hydrogen) atoms. The van der Waals surface area contributed by atoms with Crippen LogP contribution in [0.15, 0.2) is 42.5 Å². The van der Waals surface area contributed by atoms with Crippen molar-refractivity contribution in [3.05, 3.63) is 53.9 Å². The van der Waals surface area contributed by atoms with Gasteiger partial charge in [0, 0.05) is 32.5 Å². The Labute approximate surface area is 177 Å². The number of carbonyl (C=O) groups is 1. The van der Waals surface area contributed by atoms with Crippen LogP contribution in [0, 0.1) is 5.92 Å². The molecule has 0 bridgehead atoms. The predicted molar refractivity (Wildman–Crippen MR) is 118 cm³/mol. The first-order valence-electron chi connectivity index (χ1n) is 10.9. The molecule has 1 saturated heterocycles. The van der Waals surface area contributed by atoms with E-state index < -0.39 is 0 Å². The van der Waals surface area contributed by atoms with Gasteiger partial charge in [0.15, 0.2) is 11.5 Å². The third-order valence-electron chi connectivity index (χ3n) is 5.97. The van der Waals surface area contributed by atoms with Crippen LogP contribution >= 0.6 is 0 Å². The Morgan fingerprint density at radius 2 is 1.90 bits per heavy atom. The highest BCUT2D eigenvalue weighted by Gasteiger charge is 2.18. The summed E-state index contributed by atoms with van der Waals surface area (Å²) < 4.78 is 1.78.